The van der Waals surface area contributed by atoms with Crippen LogP contribution in [0.5, 0.6) is 0 Å². The maximum atomic E-state index is 12.6. The number of hydrogen-bond donors (Lipinski definition) is 3. The molecule has 7 heteroatoms. The number of carbonyl (C=O) groups excluding carboxylic acids is 3. The Labute approximate surface area is 170 Å². The van der Waals surface area contributed by atoms with Gasteiger partial charge in [-0.25, -0.2) is 0 Å². The van der Waals surface area contributed by atoms with Crippen molar-refractivity contribution in [2.45, 2.75) is 19.3 Å². The molecule has 0 radical (unpaired) electrons. The summed E-state index contributed by atoms with van der Waals surface area (Å²) in [6.45, 7) is 1.62. The van der Waals surface area contributed by atoms with Crippen molar-refractivity contribution in [1.29, 1.82) is 0 Å². The number of piperidine rings is 1. The Bertz CT molecular complexity index is 891. The average Bonchev–Trinajstić information content (AvgIpc) is 2.77. The van der Waals surface area contributed by atoms with Crippen LogP contribution in [0, 0.1) is 0 Å². The molecule has 1 heterocycles. The number of rotatable bonds is 6. The summed E-state index contributed by atoms with van der Waals surface area (Å²) >= 11 is 0. The zero-order valence-corrected chi connectivity index (χ0v) is 16.5. The summed E-state index contributed by atoms with van der Waals surface area (Å²) in [7, 11) is 1.57. The van der Waals surface area contributed by atoms with Gasteiger partial charge in [0, 0.05) is 42.6 Å². The van der Waals surface area contributed by atoms with Crippen molar-refractivity contribution in [2.24, 2.45) is 0 Å². The van der Waals surface area contributed by atoms with Gasteiger partial charge in [-0.3, -0.25) is 14.4 Å². The second-order valence-electron chi connectivity index (χ2n) is 7.00. The first-order chi connectivity index (χ1) is 14.1. The van der Waals surface area contributed by atoms with Crippen LogP contribution in [0.4, 0.5) is 11.4 Å². The van der Waals surface area contributed by atoms with Crippen molar-refractivity contribution in [3.8, 4) is 0 Å². The van der Waals surface area contributed by atoms with E-state index >= 15 is 0 Å². The predicted molar refractivity (Wildman–Crippen MR) is 113 cm³/mol. The molecular weight excluding hydrogens is 368 g/mol. The maximum Gasteiger partial charge on any atom is 0.253 e. The smallest absolute Gasteiger partial charge is 0.253 e. The van der Waals surface area contributed by atoms with E-state index in [4.69, 9.17) is 0 Å². The summed E-state index contributed by atoms with van der Waals surface area (Å²) in [5.74, 6) is -0.420. The molecule has 1 fully saturated rings. The van der Waals surface area contributed by atoms with Crippen LogP contribution >= 0.6 is 0 Å². The molecule has 2 aromatic rings. The van der Waals surface area contributed by atoms with Gasteiger partial charge in [0.15, 0.2) is 0 Å². The molecule has 7 nitrogen and oxygen atoms in total. The lowest BCUT2D eigenvalue weighted by Crippen LogP contribution is -2.35. The molecule has 0 spiro atoms. The van der Waals surface area contributed by atoms with Crippen LogP contribution in [-0.2, 0) is 4.79 Å². The minimum absolute atomic E-state index is 0.00457. The molecule has 1 aliphatic heterocycles. The van der Waals surface area contributed by atoms with Crippen LogP contribution in [0.1, 0.15) is 40.0 Å². The third-order valence-electron chi connectivity index (χ3n) is 4.84. The molecule has 3 rings (SSSR count). The molecule has 2 aromatic carbocycles. The number of nitrogens with zero attached hydrogens (tertiary/aromatic N) is 1. The minimum atomic E-state index is -0.238. The van der Waals surface area contributed by atoms with Crippen LogP contribution in [0.15, 0.2) is 48.5 Å². The van der Waals surface area contributed by atoms with E-state index in [1.54, 1.807) is 55.6 Å². The van der Waals surface area contributed by atoms with E-state index in [-0.39, 0.29) is 24.3 Å². The molecule has 1 aliphatic rings. The largest absolute Gasteiger partial charge is 0.376 e. The van der Waals surface area contributed by atoms with Crippen LogP contribution < -0.4 is 16.0 Å². The average molecular weight is 394 g/mol. The number of amides is 3. The second-order valence-corrected chi connectivity index (χ2v) is 7.00. The minimum Gasteiger partial charge on any atom is -0.376 e. The second kappa shape index (κ2) is 9.73. The third-order valence-corrected chi connectivity index (χ3v) is 4.84. The molecular formula is C22H26N4O3. The standard InChI is InChI=1S/C22H26N4O3/c1-23-21(28)16-7-5-9-18(13-16)24-15-20(27)25-19-10-6-8-17(14-19)22(29)26-11-3-2-4-12-26/h5-10,13-14,24H,2-4,11-12,15H2,1H3,(H,23,28)(H,25,27). The molecule has 0 atom stereocenters. The van der Waals surface area contributed by atoms with E-state index in [2.05, 4.69) is 16.0 Å². The first kappa shape index (κ1) is 20.4. The highest BCUT2D eigenvalue weighted by atomic mass is 16.2. The lowest BCUT2D eigenvalue weighted by atomic mass is 10.1. The van der Waals surface area contributed by atoms with Crippen molar-refractivity contribution in [1.82, 2.24) is 10.2 Å². The Morgan fingerprint density at radius 3 is 2.28 bits per heavy atom. The molecule has 0 aromatic heterocycles. The SMILES string of the molecule is CNC(=O)c1cccc(NCC(=O)Nc2cccc(C(=O)N3CCCCC3)c2)c1. The fraction of sp³-hybridized carbons (Fsp3) is 0.318. The molecule has 0 unspecified atom stereocenters. The van der Waals surface area contributed by atoms with Gasteiger partial charge in [0.05, 0.1) is 6.54 Å². The molecule has 152 valence electrons. The van der Waals surface area contributed by atoms with E-state index in [1.807, 2.05) is 4.90 Å². The number of anilines is 2. The van der Waals surface area contributed by atoms with Crippen molar-refractivity contribution >= 4 is 29.1 Å². The van der Waals surface area contributed by atoms with Gasteiger partial charge < -0.3 is 20.9 Å². The Balaban J connectivity index is 1.57. The highest BCUT2D eigenvalue weighted by molar-refractivity contribution is 5.98. The van der Waals surface area contributed by atoms with E-state index in [9.17, 15) is 14.4 Å². The summed E-state index contributed by atoms with van der Waals surface area (Å²) in [5, 5.41) is 8.38. The molecule has 0 bridgehead atoms. The van der Waals surface area contributed by atoms with Crippen LogP contribution in [0.2, 0.25) is 0 Å². The van der Waals surface area contributed by atoms with Gasteiger partial charge in [-0.15, -0.1) is 0 Å². The highest BCUT2D eigenvalue weighted by Gasteiger charge is 2.18. The van der Waals surface area contributed by atoms with Crippen LogP contribution in [0.25, 0.3) is 0 Å². The van der Waals surface area contributed by atoms with Gasteiger partial charge in [-0.1, -0.05) is 12.1 Å². The number of benzene rings is 2. The van der Waals surface area contributed by atoms with Crippen molar-refractivity contribution in [3.05, 3.63) is 59.7 Å². The third kappa shape index (κ3) is 5.57. The fourth-order valence-corrected chi connectivity index (χ4v) is 3.31. The summed E-state index contributed by atoms with van der Waals surface area (Å²) in [6, 6.07) is 13.9. The lowest BCUT2D eigenvalue weighted by Gasteiger charge is -2.26. The van der Waals surface area contributed by atoms with E-state index in [0.717, 1.165) is 25.9 Å². The summed E-state index contributed by atoms with van der Waals surface area (Å²) in [4.78, 5) is 38.5. The normalized spacial score (nSPS) is 13.5. The van der Waals surface area contributed by atoms with Gasteiger partial charge in [0.2, 0.25) is 5.91 Å². The topological polar surface area (TPSA) is 90.5 Å². The molecule has 0 aliphatic carbocycles. The zero-order chi connectivity index (χ0) is 20.6. The van der Waals surface area contributed by atoms with Crippen molar-refractivity contribution < 1.29 is 14.4 Å². The Morgan fingerprint density at radius 1 is 0.897 bits per heavy atom. The van der Waals surface area contributed by atoms with E-state index in [1.165, 1.54) is 6.42 Å². The fourth-order valence-electron chi connectivity index (χ4n) is 3.31. The zero-order valence-electron chi connectivity index (χ0n) is 16.5. The van der Waals surface area contributed by atoms with Gasteiger partial charge in [-0.2, -0.15) is 0 Å². The van der Waals surface area contributed by atoms with Crippen LogP contribution in [-0.4, -0.2) is 49.3 Å². The molecule has 1 saturated heterocycles. The molecule has 0 saturated carbocycles. The predicted octanol–water partition coefficient (Wildman–Crippen LogP) is 2.72. The van der Waals surface area contributed by atoms with Crippen molar-refractivity contribution in [2.75, 3.05) is 37.3 Å². The van der Waals surface area contributed by atoms with Gasteiger partial charge in [-0.05, 0) is 55.7 Å². The Hall–Kier alpha value is -3.35. The number of nitrogens with one attached hydrogen (secondary N) is 3. The number of likely N-dealkylation sites (tertiary alicyclic amines) is 1. The highest BCUT2D eigenvalue weighted by Crippen LogP contribution is 2.16. The maximum absolute atomic E-state index is 12.6. The number of carbonyl (C=O) groups is 3. The molecule has 29 heavy (non-hydrogen) atoms. The molecule has 3 N–H and O–H groups in total. The van der Waals surface area contributed by atoms with Gasteiger partial charge in [0.25, 0.3) is 11.8 Å². The van der Waals surface area contributed by atoms with E-state index in [0.29, 0.717) is 22.5 Å². The van der Waals surface area contributed by atoms with Crippen LogP contribution in [0.3, 0.4) is 0 Å². The molecule has 3 amide bonds. The first-order valence-electron chi connectivity index (χ1n) is 9.82. The Kier molecular flexibility index (Phi) is 6.84. The van der Waals surface area contributed by atoms with Gasteiger partial charge in [0.1, 0.15) is 0 Å². The Morgan fingerprint density at radius 2 is 1.55 bits per heavy atom. The first-order valence-corrected chi connectivity index (χ1v) is 9.82. The van der Waals surface area contributed by atoms with E-state index < -0.39 is 0 Å². The number of hydrogen-bond acceptors (Lipinski definition) is 4. The quantitative estimate of drug-likeness (QED) is 0.703. The summed E-state index contributed by atoms with van der Waals surface area (Å²) < 4.78 is 0. The van der Waals surface area contributed by atoms with Gasteiger partial charge >= 0.3 is 0 Å². The lowest BCUT2D eigenvalue weighted by molar-refractivity contribution is -0.114. The monoisotopic (exact) mass is 394 g/mol. The summed E-state index contributed by atoms with van der Waals surface area (Å²) in [6.07, 6.45) is 3.24. The summed E-state index contributed by atoms with van der Waals surface area (Å²) in [5.41, 5.74) is 2.35. The van der Waals surface area contributed by atoms with Crippen molar-refractivity contribution in [3.63, 3.8) is 0 Å².